The molecule has 0 aliphatic rings. The second-order valence-electron chi connectivity index (χ2n) is 2.38. The Kier molecular flexibility index (Phi) is 6.51. The van der Waals surface area contributed by atoms with E-state index in [1.54, 1.807) is 23.9 Å². The second-order valence-corrected chi connectivity index (χ2v) is 3.69. The zero-order chi connectivity index (χ0) is 10.3. The van der Waals surface area contributed by atoms with Gasteiger partial charge in [0, 0.05) is 4.90 Å². The molecule has 0 saturated heterocycles. The molecule has 1 aromatic rings. The molecule has 0 heterocycles. The van der Waals surface area contributed by atoms with E-state index in [4.69, 9.17) is 5.11 Å². The first kappa shape index (κ1) is 12.4. The smallest absolute Gasteiger partial charge is 0.115 e. The first-order chi connectivity index (χ1) is 6.24. The largest absolute Gasteiger partial charge is 0.508 e. The minimum atomic E-state index is 0.350. The number of phenols is 1. The Morgan fingerprint density at radius 1 is 1.31 bits per heavy atom. The molecule has 0 spiro atoms. The Labute approximate surface area is 85.2 Å². The van der Waals surface area contributed by atoms with Crippen LogP contribution in [0.2, 0.25) is 0 Å². The van der Waals surface area contributed by atoms with Crippen LogP contribution in [0.1, 0.15) is 26.3 Å². The summed E-state index contributed by atoms with van der Waals surface area (Å²) < 4.78 is 0. The number of aryl methyl sites for hydroxylation is 1. The number of benzene rings is 1. The summed E-state index contributed by atoms with van der Waals surface area (Å²) in [6, 6.07) is 5.47. The molecule has 0 aromatic heterocycles. The highest BCUT2D eigenvalue weighted by Gasteiger charge is 1.97. The van der Waals surface area contributed by atoms with Gasteiger partial charge in [0.25, 0.3) is 0 Å². The molecule has 0 radical (unpaired) electrons. The van der Waals surface area contributed by atoms with Crippen LogP contribution in [-0.2, 0) is 0 Å². The third-order valence-electron chi connectivity index (χ3n) is 1.46. The number of thioether (sulfide) groups is 1. The molecule has 0 fully saturated rings. The summed E-state index contributed by atoms with van der Waals surface area (Å²) in [4.78, 5) is 1.25. The molecule has 74 valence electrons. The van der Waals surface area contributed by atoms with E-state index >= 15 is 0 Å². The molecule has 1 aromatic carbocycles. The lowest BCUT2D eigenvalue weighted by Crippen LogP contribution is -1.78. The van der Waals surface area contributed by atoms with Gasteiger partial charge in [0.15, 0.2) is 0 Å². The molecule has 0 bridgehead atoms. The number of aromatic hydroxyl groups is 1. The van der Waals surface area contributed by atoms with Crippen LogP contribution >= 0.6 is 11.8 Å². The van der Waals surface area contributed by atoms with Crippen LogP contribution in [0, 0.1) is 6.92 Å². The Balaban J connectivity index is 0.000000671. The van der Waals surface area contributed by atoms with E-state index < -0.39 is 0 Å². The molecule has 0 amide bonds. The van der Waals surface area contributed by atoms with Crippen LogP contribution in [-0.4, -0.2) is 10.9 Å². The molecule has 1 N–H and O–H groups in total. The third kappa shape index (κ3) is 4.23. The van der Waals surface area contributed by atoms with Crippen molar-refractivity contribution in [3.63, 3.8) is 0 Å². The Hall–Kier alpha value is -0.630. The van der Waals surface area contributed by atoms with Gasteiger partial charge in [-0.25, -0.2) is 0 Å². The fourth-order valence-electron chi connectivity index (χ4n) is 0.951. The van der Waals surface area contributed by atoms with E-state index in [2.05, 4.69) is 6.92 Å². The van der Waals surface area contributed by atoms with Crippen LogP contribution in [0.3, 0.4) is 0 Å². The average molecular weight is 198 g/mol. The van der Waals surface area contributed by atoms with Crippen molar-refractivity contribution in [1.82, 2.24) is 0 Å². The van der Waals surface area contributed by atoms with Crippen LogP contribution < -0.4 is 0 Å². The summed E-state index contributed by atoms with van der Waals surface area (Å²) >= 11 is 1.80. The minimum absolute atomic E-state index is 0.350. The van der Waals surface area contributed by atoms with Crippen molar-refractivity contribution in [2.24, 2.45) is 0 Å². The third-order valence-corrected chi connectivity index (χ3v) is 2.52. The summed E-state index contributed by atoms with van der Waals surface area (Å²) in [5, 5.41) is 9.10. The molecular weight excluding hydrogens is 180 g/mol. The minimum Gasteiger partial charge on any atom is -0.508 e. The maximum atomic E-state index is 9.10. The van der Waals surface area contributed by atoms with Crippen molar-refractivity contribution in [3.8, 4) is 5.75 Å². The average Bonchev–Trinajstić information content (AvgIpc) is 2.14. The lowest BCUT2D eigenvalue weighted by Gasteiger charge is -2.02. The Bertz CT molecular complexity index is 246. The van der Waals surface area contributed by atoms with Gasteiger partial charge in [0.05, 0.1) is 0 Å². The molecule has 0 aliphatic heterocycles. The van der Waals surface area contributed by atoms with E-state index in [9.17, 15) is 0 Å². The predicted octanol–water partition coefficient (Wildman–Crippen LogP) is 3.84. The molecule has 2 heteroatoms. The molecule has 1 rings (SSSR count). The van der Waals surface area contributed by atoms with Gasteiger partial charge in [0.1, 0.15) is 5.75 Å². The maximum Gasteiger partial charge on any atom is 0.115 e. The highest BCUT2D eigenvalue weighted by molar-refractivity contribution is 7.99. The van der Waals surface area contributed by atoms with Crippen molar-refractivity contribution in [1.29, 1.82) is 0 Å². The topological polar surface area (TPSA) is 20.2 Å². The molecular formula is C11H18OS. The van der Waals surface area contributed by atoms with Crippen molar-refractivity contribution in [2.75, 3.05) is 5.75 Å². The quantitative estimate of drug-likeness (QED) is 0.729. The first-order valence-corrected chi connectivity index (χ1v) is 5.65. The fourth-order valence-corrected chi connectivity index (χ4v) is 1.71. The van der Waals surface area contributed by atoms with Crippen LogP contribution in [0.4, 0.5) is 0 Å². The molecule has 0 saturated carbocycles. The lowest BCUT2D eigenvalue weighted by molar-refractivity contribution is 0.474. The van der Waals surface area contributed by atoms with Gasteiger partial charge < -0.3 is 5.11 Å². The van der Waals surface area contributed by atoms with E-state index in [0.717, 1.165) is 11.3 Å². The van der Waals surface area contributed by atoms with Crippen LogP contribution in [0.5, 0.6) is 5.75 Å². The number of phenolic OH excluding ortho intramolecular Hbond substituents is 1. The van der Waals surface area contributed by atoms with E-state index in [0.29, 0.717) is 5.75 Å². The van der Waals surface area contributed by atoms with Crippen molar-refractivity contribution in [3.05, 3.63) is 23.8 Å². The summed E-state index contributed by atoms with van der Waals surface area (Å²) in [5.74, 6) is 1.42. The number of rotatable bonds is 2. The molecule has 13 heavy (non-hydrogen) atoms. The highest BCUT2D eigenvalue weighted by atomic mass is 32.2. The Morgan fingerprint density at radius 2 is 1.92 bits per heavy atom. The number of hydrogen-bond acceptors (Lipinski definition) is 2. The fraction of sp³-hybridized carbons (Fsp3) is 0.455. The van der Waals surface area contributed by atoms with Crippen LogP contribution in [0.15, 0.2) is 23.1 Å². The summed E-state index contributed by atoms with van der Waals surface area (Å²) in [6.45, 7) is 8.13. The van der Waals surface area contributed by atoms with Crippen molar-refractivity contribution in [2.45, 2.75) is 32.6 Å². The maximum absolute atomic E-state index is 9.10. The Morgan fingerprint density at radius 3 is 2.38 bits per heavy atom. The first-order valence-electron chi connectivity index (χ1n) is 4.66. The zero-order valence-electron chi connectivity index (χ0n) is 8.79. The van der Waals surface area contributed by atoms with E-state index in [1.807, 2.05) is 26.8 Å². The molecule has 0 atom stereocenters. The van der Waals surface area contributed by atoms with Crippen molar-refractivity contribution < 1.29 is 5.11 Å². The second kappa shape index (κ2) is 6.84. The molecule has 1 nitrogen and oxygen atoms in total. The van der Waals surface area contributed by atoms with Crippen LogP contribution in [0.25, 0.3) is 0 Å². The van der Waals surface area contributed by atoms with Gasteiger partial charge >= 0.3 is 0 Å². The van der Waals surface area contributed by atoms with E-state index in [-0.39, 0.29) is 0 Å². The number of hydrogen-bond donors (Lipinski definition) is 1. The summed E-state index contributed by atoms with van der Waals surface area (Å²) in [6.07, 6.45) is 0. The summed E-state index contributed by atoms with van der Waals surface area (Å²) in [5.41, 5.74) is 1.15. The van der Waals surface area contributed by atoms with Gasteiger partial charge in [-0.3, -0.25) is 0 Å². The standard InChI is InChI=1S/C9H12OS.C2H6/c1-3-11-9-5-4-8(10)6-7(9)2;1-2/h4-6,10H,3H2,1-2H3;1-2H3. The SMILES string of the molecule is CC.CCSc1ccc(O)cc1C. The van der Waals surface area contributed by atoms with Crippen molar-refractivity contribution >= 4 is 11.8 Å². The van der Waals surface area contributed by atoms with Gasteiger partial charge in [-0.15, -0.1) is 11.8 Å². The van der Waals surface area contributed by atoms with E-state index in [1.165, 1.54) is 4.90 Å². The lowest BCUT2D eigenvalue weighted by atomic mass is 10.2. The molecule has 0 aliphatic carbocycles. The zero-order valence-corrected chi connectivity index (χ0v) is 9.61. The predicted molar refractivity (Wildman–Crippen MR) is 60.6 cm³/mol. The normalized spacial score (nSPS) is 8.92. The highest BCUT2D eigenvalue weighted by Crippen LogP contribution is 2.24. The summed E-state index contributed by atoms with van der Waals surface area (Å²) in [7, 11) is 0. The van der Waals surface area contributed by atoms with Gasteiger partial charge in [-0.1, -0.05) is 20.8 Å². The molecule has 0 unspecified atom stereocenters. The van der Waals surface area contributed by atoms with Gasteiger partial charge in [-0.2, -0.15) is 0 Å². The van der Waals surface area contributed by atoms with Gasteiger partial charge in [-0.05, 0) is 36.4 Å². The van der Waals surface area contributed by atoms with Gasteiger partial charge in [0.2, 0.25) is 0 Å². The monoisotopic (exact) mass is 198 g/mol.